The molecule has 8 rings (SSSR count). The highest BCUT2D eigenvalue weighted by Gasteiger charge is 2.18. The van der Waals surface area contributed by atoms with E-state index in [2.05, 4.69) is 62.7 Å². The number of para-hydroxylation sites is 2. The summed E-state index contributed by atoms with van der Waals surface area (Å²) in [5, 5.41) is 23.5. The van der Waals surface area contributed by atoms with Crippen LogP contribution in [0.15, 0.2) is 122 Å². The van der Waals surface area contributed by atoms with Crippen LogP contribution in [0.2, 0.25) is 0 Å². The topological polar surface area (TPSA) is 83.2 Å². The molecule has 0 aliphatic heterocycles. The molecule has 4 heterocycles. The van der Waals surface area contributed by atoms with Gasteiger partial charge in [-0.2, -0.15) is 10.5 Å². The van der Waals surface area contributed by atoms with Crippen molar-refractivity contribution >= 4 is 43.6 Å². The monoisotopic (exact) mass is 536 g/mol. The van der Waals surface area contributed by atoms with Gasteiger partial charge in [0.05, 0.1) is 51.5 Å². The Morgan fingerprint density at radius 3 is 1.86 bits per heavy atom. The number of hydrogen-bond acceptors (Lipinski definition) is 4. The number of pyridine rings is 2. The summed E-state index contributed by atoms with van der Waals surface area (Å²) in [7, 11) is 0. The molecule has 0 saturated carbocycles. The van der Waals surface area contributed by atoms with Crippen LogP contribution < -0.4 is 0 Å². The second-order valence-corrected chi connectivity index (χ2v) is 10.2. The molecule has 4 aromatic carbocycles. The predicted octanol–water partition coefficient (Wildman–Crippen LogP) is 8.08. The highest BCUT2D eigenvalue weighted by atomic mass is 15.1. The number of aromatic nitrogens is 4. The van der Waals surface area contributed by atoms with E-state index in [0.29, 0.717) is 11.1 Å². The van der Waals surface area contributed by atoms with Crippen molar-refractivity contribution in [2.75, 3.05) is 0 Å². The van der Waals surface area contributed by atoms with Crippen LogP contribution in [0, 0.1) is 22.7 Å². The molecule has 42 heavy (non-hydrogen) atoms. The predicted molar refractivity (Wildman–Crippen MR) is 166 cm³/mol. The van der Waals surface area contributed by atoms with E-state index in [0.717, 1.165) is 66.4 Å². The third kappa shape index (κ3) is 3.50. The van der Waals surface area contributed by atoms with Crippen molar-refractivity contribution in [2.45, 2.75) is 0 Å². The maximum atomic E-state index is 9.63. The van der Waals surface area contributed by atoms with Gasteiger partial charge in [-0.25, -0.2) is 4.98 Å². The molecule has 0 amide bonds. The Balaban J connectivity index is 1.50. The average molecular weight is 537 g/mol. The molecule has 0 spiro atoms. The first-order valence-electron chi connectivity index (χ1n) is 13.5. The molecule has 194 valence electrons. The van der Waals surface area contributed by atoms with Gasteiger partial charge in [-0.05, 0) is 71.8 Å². The zero-order chi connectivity index (χ0) is 28.2. The molecule has 6 nitrogen and oxygen atoms in total. The molecule has 0 radical (unpaired) electrons. The van der Waals surface area contributed by atoms with Gasteiger partial charge in [0.1, 0.15) is 11.6 Å². The minimum absolute atomic E-state index is 0.592. The zero-order valence-electron chi connectivity index (χ0n) is 22.2. The van der Waals surface area contributed by atoms with E-state index >= 15 is 0 Å². The highest BCUT2D eigenvalue weighted by molar-refractivity contribution is 6.10. The summed E-state index contributed by atoms with van der Waals surface area (Å²) in [6.45, 7) is 0. The summed E-state index contributed by atoms with van der Waals surface area (Å²) < 4.78 is 4.31. The summed E-state index contributed by atoms with van der Waals surface area (Å²) in [4.78, 5) is 9.75. The van der Waals surface area contributed by atoms with E-state index in [-0.39, 0.29) is 0 Å². The fraction of sp³-hybridized carbons (Fsp3) is 0. The van der Waals surface area contributed by atoms with E-state index < -0.39 is 0 Å². The van der Waals surface area contributed by atoms with Gasteiger partial charge in [-0.15, -0.1) is 0 Å². The molecule has 0 unspecified atom stereocenters. The molecule has 0 aliphatic rings. The maximum absolute atomic E-state index is 9.63. The third-order valence-electron chi connectivity index (χ3n) is 7.86. The second kappa shape index (κ2) is 9.16. The molecular weight excluding hydrogens is 516 g/mol. The Morgan fingerprint density at radius 1 is 0.500 bits per heavy atom. The van der Waals surface area contributed by atoms with Crippen molar-refractivity contribution in [3.63, 3.8) is 0 Å². The van der Waals surface area contributed by atoms with Gasteiger partial charge in [0.25, 0.3) is 0 Å². The lowest BCUT2D eigenvalue weighted by molar-refractivity contribution is 1.01. The van der Waals surface area contributed by atoms with Crippen molar-refractivity contribution in [3.05, 3.63) is 133 Å². The number of benzene rings is 4. The van der Waals surface area contributed by atoms with Crippen LogP contribution in [0.3, 0.4) is 0 Å². The standard InChI is InChI=1S/C36H20N6/c37-20-23-6-5-7-25(16-23)26-18-35(41-32-11-4-2-9-28(32)30-17-24(21-38)12-13-33(30)41)40-36(19-26)42-31-10-3-1-8-27(31)29-14-15-39-22-34(29)42/h1-19,22H. The number of nitriles is 2. The third-order valence-corrected chi connectivity index (χ3v) is 7.86. The number of nitrogens with zero attached hydrogens (tertiary/aromatic N) is 6. The SMILES string of the molecule is N#Cc1cccc(-c2cc(-n3c4ccccc4c4cc(C#N)ccc43)nc(-n3c4ccccc4c4ccncc43)c2)c1. The first-order chi connectivity index (χ1) is 20.7. The van der Waals surface area contributed by atoms with Gasteiger partial charge in [-0.3, -0.25) is 14.1 Å². The van der Waals surface area contributed by atoms with Gasteiger partial charge >= 0.3 is 0 Å². The van der Waals surface area contributed by atoms with Gasteiger partial charge in [0.2, 0.25) is 0 Å². The van der Waals surface area contributed by atoms with Crippen LogP contribution in [0.25, 0.3) is 66.4 Å². The van der Waals surface area contributed by atoms with Gasteiger partial charge in [0.15, 0.2) is 0 Å². The minimum atomic E-state index is 0.592. The van der Waals surface area contributed by atoms with Crippen LogP contribution in [0.1, 0.15) is 11.1 Å². The molecule has 8 aromatic rings. The van der Waals surface area contributed by atoms with E-state index in [1.54, 1.807) is 0 Å². The van der Waals surface area contributed by atoms with Crippen molar-refractivity contribution < 1.29 is 0 Å². The van der Waals surface area contributed by atoms with E-state index in [4.69, 9.17) is 4.98 Å². The smallest absolute Gasteiger partial charge is 0.140 e. The Bertz CT molecular complexity index is 2400. The number of fused-ring (bicyclic) bond motifs is 6. The lowest BCUT2D eigenvalue weighted by Gasteiger charge is -2.14. The van der Waals surface area contributed by atoms with Crippen molar-refractivity contribution in [1.82, 2.24) is 19.1 Å². The molecule has 0 fully saturated rings. The normalized spacial score (nSPS) is 11.3. The molecule has 0 N–H and O–H groups in total. The van der Waals surface area contributed by atoms with Crippen LogP contribution in [0.5, 0.6) is 0 Å². The molecule has 0 bridgehead atoms. The van der Waals surface area contributed by atoms with Crippen LogP contribution in [-0.4, -0.2) is 19.1 Å². The summed E-state index contributed by atoms with van der Waals surface area (Å²) in [5.41, 5.74) is 7.00. The maximum Gasteiger partial charge on any atom is 0.140 e. The fourth-order valence-electron chi connectivity index (χ4n) is 6.02. The quantitative estimate of drug-likeness (QED) is 0.228. The largest absolute Gasteiger partial charge is 0.294 e. The molecule has 4 aromatic heterocycles. The lowest BCUT2D eigenvalue weighted by atomic mass is 10.0. The van der Waals surface area contributed by atoms with Crippen LogP contribution in [-0.2, 0) is 0 Å². The highest BCUT2D eigenvalue weighted by Crippen LogP contribution is 2.36. The van der Waals surface area contributed by atoms with E-state index in [1.807, 2.05) is 85.2 Å². The Labute approximate surface area is 240 Å². The molecule has 0 saturated heterocycles. The Hall–Kier alpha value is -6.24. The Kier molecular flexibility index (Phi) is 5.15. The molecule has 0 atom stereocenters. The number of hydrogen-bond donors (Lipinski definition) is 0. The second-order valence-electron chi connectivity index (χ2n) is 10.2. The Morgan fingerprint density at radius 2 is 1.12 bits per heavy atom. The van der Waals surface area contributed by atoms with Gasteiger partial charge in [0, 0.05) is 27.7 Å². The summed E-state index contributed by atoms with van der Waals surface area (Å²) in [6, 6.07) is 40.6. The first-order valence-corrected chi connectivity index (χ1v) is 13.5. The van der Waals surface area contributed by atoms with Crippen molar-refractivity contribution in [1.29, 1.82) is 10.5 Å². The zero-order valence-corrected chi connectivity index (χ0v) is 22.2. The summed E-state index contributed by atoms with van der Waals surface area (Å²) >= 11 is 0. The lowest BCUT2D eigenvalue weighted by Crippen LogP contribution is -2.04. The van der Waals surface area contributed by atoms with Crippen LogP contribution >= 0.6 is 0 Å². The molecule has 6 heteroatoms. The van der Waals surface area contributed by atoms with E-state index in [1.165, 1.54) is 0 Å². The molecular formula is C36H20N6. The summed E-state index contributed by atoms with van der Waals surface area (Å²) in [6.07, 6.45) is 3.69. The number of rotatable bonds is 3. The first kappa shape index (κ1) is 23.6. The van der Waals surface area contributed by atoms with Crippen LogP contribution in [0.4, 0.5) is 0 Å². The fourth-order valence-corrected chi connectivity index (χ4v) is 6.02. The minimum Gasteiger partial charge on any atom is -0.294 e. The summed E-state index contributed by atoms with van der Waals surface area (Å²) in [5.74, 6) is 1.47. The van der Waals surface area contributed by atoms with Crippen molar-refractivity contribution in [2.24, 2.45) is 0 Å². The van der Waals surface area contributed by atoms with Gasteiger partial charge < -0.3 is 0 Å². The molecule has 0 aliphatic carbocycles. The van der Waals surface area contributed by atoms with E-state index in [9.17, 15) is 10.5 Å². The van der Waals surface area contributed by atoms with Crippen molar-refractivity contribution in [3.8, 4) is 34.9 Å². The average Bonchev–Trinajstić information content (AvgIpc) is 3.57. The van der Waals surface area contributed by atoms with Gasteiger partial charge in [-0.1, -0.05) is 48.5 Å².